The summed E-state index contributed by atoms with van der Waals surface area (Å²) in [5, 5.41) is 8.81. The molecular weight excluding hydrogens is 379 g/mol. The largest absolute Gasteiger partial charge is 0.479 e. The number of nitrogens with zero attached hydrogens (tertiary/aromatic N) is 2. The smallest absolute Gasteiger partial charge is 0.343 e. The van der Waals surface area contributed by atoms with E-state index in [1.54, 1.807) is 12.1 Å². The molecule has 1 fully saturated rings. The zero-order chi connectivity index (χ0) is 16.5. The number of thiophene rings is 1. The Balaban J connectivity index is 1.95. The molecule has 1 aromatic heterocycles. The molecule has 1 unspecified atom stereocenters. The van der Waals surface area contributed by atoms with Crippen molar-refractivity contribution in [3.8, 4) is 0 Å². The van der Waals surface area contributed by atoms with Crippen LogP contribution in [0.15, 0.2) is 15.9 Å². The number of halogens is 2. The highest BCUT2D eigenvalue weighted by Crippen LogP contribution is 2.26. The average molecular weight is 393 g/mol. The molecule has 0 saturated carbocycles. The van der Waals surface area contributed by atoms with E-state index in [1.807, 2.05) is 0 Å². The number of amides is 2. The van der Waals surface area contributed by atoms with Crippen molar-refractivity contribution in [2.45, 2.75) is 12.1 Å². The number of likely N-dealkylation sites (tertiary alicyclic amines) is 1. The monoisotopic (exact) mass is 392 g/mol. The van der Waals surface area contributed by atoms with Crippen molar-refractivity contribution < 1.29 is 23.9 Å². The lowest BCUT2D eigenvalue weighted by atomic mass is 10.1. The summed E-state index contributed by atoms with van der Waals surface area (Å²) in [6, 6.07) is 3.38. The molecule has 1 aliphatic heterocycles. The van der Waals surface area contributed by atoms with Gasteiger partial charge in [0.15, 0.2) is 0 Å². The van der Waals surface area contributed by atoms with E-state index in [9.17, 15) is 18.8 Å². The van der Waals surface area contributed by atoms with Crippen LogP contribution >= 0.6 is 27.3 Å². The maximum Gasteiger partial charge on any atom is 0.343 e. The highest BCUT2D eigenvalue weighted by molar-refractivity contribution is 9.11. The SMILES string of the molecule is CN(CC(=O)N1CCC(F)(C(=O)O)C1)C(=O)c1ccc(Br)s1. The highest BCUT2D eigenvalue weighted by Gasteiger charge is 2.46. The van der Waals surface area contributed by atoms with Crippen LogP contribution in [0.3, 0.4) is 0 Å². The van der Waals surface area contributed by atoms with Gasteiger partial charge in [0, 0.05) is 20.0 Å². The summed E-state index contributed by atoms with van der Waals surface area (Å²) in [6.45, 7) is -0.661. The molecule has 0 spiro atoms. The Bertz CT molecular complexity index is 623. The molecule has 2 rings (SSSR count). The summed E-state index contributed by atoms with van der Waals surface area (Å²) in [4.78, 5) is 37.9. The summed E-state index contributed by atoms with van der Waals surface area (Å²) in [7, 11) is 1.48. The normalized spacial score (nSPS) is 21.0. The van der Waals surface area contributed by atoms with Gasteiger partial charge in [-0.05, 0) is 28.1 Å². The first-order valence-electron chi connectivity index (χ1n) is 6.44. The standard InChI is InChI=1S/C13H14BrFN2O4S/c1-16(11(19)8-2-3-9(14)22-8)6-10(18)17-5-4-13(15,7-17)12(20)21/h2-3H,4-7H2,1H3,(H,20,21). The molecule has 1 N–H and O–H groups in total. The van der Waals surface area contributed by atoms with Crippen LogP contribution in [-0.2, 0) is 9.59 Å². The minimum Gasteiger partial charge on any atom is -0.479 e. The van der Waals surface area contributed by atoms with E-state index in [-0.39, 0.29) is 25.4 Å². The van der Waals surface area contributed by atoms with Gasteiger partial charge in [0.2, 0.25) is 11.6 Å². The number of likely N-dealkylation sites (N-methyl/N-ethyl adjacent to an activating group) is 1. The highest BCUT2D eigenvalue weighted by atomic mass is 79.9. The molecule has 9 heteroatoms. The minimum absolute atomic E-state index is 0.0359. The van der Waals surface area contributed by atoms with E-state index in [0.29, 0.717) is 4.88 Å². The second-order valence-corrected chi connectivity index (χ2v) is 7.56. The number of hydrogen-bond acceptors (Lipinski definition) is 4. The van der Waals surface area contributed by atoms with Crippen LogP contribution in [0, 0.1) is 0 Å². The molecule has 0 aromatic carbocycles. The van der Waals surface area contributed by atoms with Gasteiger partial charge in [-0.1, -0.05) is 0 Å². The Kier molecular flexibility index (Phi) is 4.86. The van der Waals surface area contributed by atoms with Gasteiger partial charge in [-0.15, -0.1) is 11.3 Å². The molecule has 1 aliphatic rings. The van der Waals surface area contributed by atoms with Crippen molar-refractivity contribution in [2.24, 2.45) is 0 Å². The van der Waals surface area contributed by atoms with Gasteiger partial charge in [-0.2, -0.15) is 0 Å². The number of carboxylic acid groups (broad SMARTS) is 1. The van der Waals surface area contributed by atoms with Crippen LogP contribution < -0.4 is 0 Å². The second kappa shape index (κ2) is 6.33. The number of carbonyl (C=O) groups is 3. The van der Waals surface area contributed by atoms with E-state index >= 15 is 0 Å². The predicted molar refractivity (Wildman–Crippen MR) is 81.7 cm³/mol. The molecule has 1 atom stereocenters. The van der Waals surface area contributed by atoms with Crippen molar-refractivity contribution in [3.63, 3.8) is 0 Å². The number of carboxylic acids is 1. The number of hydrogen-bond donors (Lipinski definition) is 1. The van der Waals surface area contributed by atoms with Gasteiger partial charge >= 0.3 is 5.97 Å². The molecule has 6 nitrogen and oxygen atoms in total. The molecule has 0 radical (unpaired) electrons. The first-order valence-corrected chi connectivity index (χ1v) is 8.05. The topological polar surface area (TPSA) is 77.9 Å². The van der Waals surface area contributed by atoms with Gasteiger partial charge in [0.05, 0.1) is 21.8 Å². The molecule has 1 saturated heterocycles. The lowest BCUT2D eigenvalue weighted by Gasteiger charge is -2.21. The Morgan fingerprint density at radius 2 is 2.18 bits per heavy atom. The molecule has 22 heavy (non-hydrogen) atoms. The first kappa shape index (κ1) is 16.9. The van der Waals surface area contributed by atoms with Crippen LogP contribution in [0.25, 0.3) is 0 Å². The lowest BCUT2D eigenvalue weighted by Crippen LogP contribution is -2.43. The number of carbonyl (C=O) groups excluding carboxylic acids is 2. The summed E-state index contributed by atoms with van der Waals surface area (Å²) < 4.78 is 14.7. The van der Waals surface area contributed by atoms with Gasteiger partial charge in [-0.25, -0.2) is 9.18 Å². The molecular formula is C13H14BrFN2O4S. The summed E-state index contributed by atoms with van der Waals surface area (Å²) >= 11 is 4.51. The molecule has 1 aromatic rings. The van der Waals surface area contributed by atoms with Gasteiger partial charge in [0.25, 0.3) is 5.91 Å². The summed E-state index contributed by atoms with van der Waals surface area (Å²) in [6.07, 6.45) is -0.233. The van der Waals surface area contributed by atoms with Gasteiger partial charge in [0.1, 0.15) is 0 Å². The second-order valence-electron chi connectivity index (χ2n) is 5.10. The fourth-order valence-corrected chi connectivity index (χ4v) is 3.53. The third-order valence-electron chi connectivity index (χ3n) is 3.46. The first-order chi connectivity index (χ1) is 10.2. The number of alkyl halides is 1. The van der Waals surface area contributed by atoms with E-state index in [0.717, 1.165) is 8.69 Å². The zero-order valence-corrected chi connectivity index (χ0v) is 14.1. The molecule has 0 aliphatic carbocycles. The quantitative estimate of drug-likeness (QED) is 0.843. The van der Waals surface area contributed by atoms with Crippen LogP contribution in [0.1, 0.15) is 16.1 Å². The molecule has 2 amide bonds. The zero-order valence-electron chi connectivity index (χ0n) is 11.7. The maximum absolute atomic E-state index is 13.9. The Labute approximate surface area is 138 Å². The third kappa shape index (κ3) is 3.46. The van der Waals surface area contributed by atoms with Crippen LogP contribution in [0.5, 0.6) is 0 Å². The summed E-state index contributed by atoms with van der Waals surface area (Å²) in [5.74, 6) is -2.34. The molecule has 0 bridgehead atoms. The van der Waals surface area contributed by atoms with Crippen molar-refractivity contribution in [3.05, 3.63) is 20.8 Å². The Morgan fingerprint density at radius 3 is 2.68 bits per heavy atom. The fourth-order valence-electron chi connectivity index (χ4n) is 2.15. The van der Waals surface area contributed by atoms with Crippen molar-refractivity contribution >= 4 is 45.1 Å². The summed E-state index contributed by atoms with van der Waals surface area (Å²) in [5.41, 5.74) is -2.39. The van der Waals surface area contributed by atoms with Crippen molar-refractivity contribution in [1.82, 2.24) is 9.80 Å². The van der Waals surface area contributed by atoms with E-state index in [1.165, 1.54) is 23.3 Å². The molecule has 2 heterocycles. The van der Waals surface area contributed by atoms with Gasteiger partial charge in [-0.3, -0.25) is 9.59 Å². The third-order valence-corrected chi connectivity index (χ3v) is 5.07. The Hall–Kier alpha value is -1.48. The van der Waals surface area contributed by atoms with E-state index in [4.69, 9.17) is 5.11 Å². The molecule has 120 valence electrons. The van der Waals surface area contributed by atoms with Crippen LogP contribution in [-0.4, -0.2) is 65.0 Å². The fraction of sp³-hybridized carbons (Fsp3) is 0.462. The van der Waals surface area contributed by atoms with Crippen LogP contribution in [0.2, 0.25) is 0 Å². The van der Waals surface area contributed by atoms with E-state index in [2.05, 4.69) is 15.9 Å². The minimum atomic E-state index is -2.39. The number of aliphatic carboxylic acids is 1. The lowest BCUT2D eigenvalue weighted by molar-refractivity contribution is -0.150. The van der Waals surface area contributed by atoms with Crippen molar-refractivity contribution in [1.29, 1.82) is 0 Å². The average Bonchev–Trinajstić information content (AvgIpc) is 3.05. The van der Waals surface area contributed by atoms with E-state index < -0.39 is 24.1 Å². The maximum atomic E-state index is 13.9. The van der Waals surface area contributed by atoms with Gasteiger partial charge < -0.3 is 14.9 Å². The predicted octanol–water partition coefficient (Wildman–Crippen LogP) is 1.61. The van der Waals surface area contributed by atoms with Crippen molar-refractivity contribution in [2.75, 3.05) is 26.7 Å². The van der Waals surface area contributed by atoms with Crippen LogP contribution in [0.4, 0.5) is 4.39 Å². The number of rotatable bonds is 4. The Morgan fingerprint density at radius 1 is 1.50 bits per heavy atom.